The number of ether oxygens (including phenoxy) is 1. The number of carbonyl (C=O) groups is 1. The van der Waals surface area contributed by atoms with Crippen molar-refractivity contribution in [1.29, 1.82) is 0 Å². The molecule has 2 aromatic rings. The Labute approximate surface area is 123 Å². The van der Waals surface area contributed by atoms with Crippen molar-refractivity contribution in [3.05, 3.63) is 41.5 Å². The lowest BCUT2D eigenvalue weighted by atomic mass is 10.1. The zero-order valence-electron chi connectivity index (χ0n) is 12.5. The Balaban J connectivity index is 2.07. The summed E-state index contributed by atoms with van der Waals surface area (Å²) in [6.07, 6.45) is 1.47. The number of nitrogen functional groups attached to an aromatic ring is 1. The fourth-order valence-electron chi connectivity index (χ4n) is 2.07. The molecule has 0 bridgehead atoms. The molecule has 0 amide bonds. The molecular weight excluding hydrogens is 268 g/mol. The molecule has 0 radical (unpaired) electrons. The minimum atomic E-state index is -0.440. The molecule has 21 heavy (non-hydrogen) atoms. The molecule has 0 aliphatic carbocycles. The molecule has 0 aliphatic heterocycles. The molecule has 0 fully saturated rings. The summed E-state index contributed by atoms with van der Waals surface area (Å²) in [5.41, 5.74) is 7.46. The fraction of sp³-hybridized carbons (Fsp3) is 0.400. The van der Waals surface area contributed by atoms with E-state index < -0.39 is 5.97 Å². The van der Waals surface area contributed by atoms with Crippen LogP contribution in [0.3, 0.4) is 0 Å². The van der Waals surface area contributed by atoms with Gasteiger partial charge in [0, 0.05) is 12.2 Å². The predicted octanol–water partition coefficient (Wildman–Crippen LogP) is 2.18. The van der Waals surface area contributed by atoms with Crippen molar-refractivity contribution in [2.75, 3.05) is 5.73 Å². The predicted molar refractivity (Wildman–Crippen MR) is 79.6 cm³/mol. The molecule has 112 valence electrons. The van der Waals surface area contributed by atoms with Crippen LogP contribution in [0, 0.1) is 12.8 Å². The van der Waals surface area contributed by atoms with E-state index >= 15 is 0 Å². The Morgan fingerprint density at radius 2 is 2.19 bits per heavy atom. The second-order valence-electron chi connectivity index (χ2n) is 5.37. The number of benzene rings is 1. The van der Waals surface area contributed by atoms with Crippen LogP contribution in [0.2, 0.25) is 0 Å². The first-order valence-corrected chi connectivity index (χ1v) is 6.88. The van der Waals surface area contributed by atoms with Gasteiger partial charge in [-0.1, -0.05) is 26.0 Å². The van der Waals surface area contributed by atoms with Crippen molar-refractivity contribution in [2.45, 2.75) is 33.9 Å². The summed E-state index contributed by atoms with van der Waals surface area (Å²) in [5, 5.41) is 4.13. The lowest BCUT2D eigenvalue weighted by Crippen LogP contribution is -2.15. The average Bonchev–Trinajstić information content (AvgIpc) is 2.82. The molecule has 1 aromatic carbocycles. The van der Waals surface area contributed by atoms with Gasteiger partial charge in [0.2, 0.25) is 0 Å². The van der Waals surface area contributed by atoms with E-state index in [9.17, 15) is 4.79 Å². The van der Waals surface area contributed by atoms with Crippen LogP contribution < -0.4 is 5.73 Å². The van der Waals surface area contributed by atoms with Crippen LogP contribution in [-0.2, 0) is 17.9 Å². The van der Waals surface area contributed by atoms with Crippen LogP contribution in [0.25, 0.3) is 0 Å². The monoisotopic (exact) mass is 288 g/mol. The van der Waals surface area contributed by atoms with Gasteiger partial charge in [-0.15, -0.1) is 0 Å². The quantitative estimate of drug-likeness (QED) is 0.673. The molecule has 2 rings (SSSR count). The minimum Gasteiger partial charge on any atom is -0.454 e. The van der Waals surface area contributed by atoms with E-state index in [2.05, 4.69) is 23.9 Å². The smallest absolute Gasteiger partial charge is 0.340 e. The molecule has 1 aromatic heterocycles. The molecular formula is C15H20N4O2. The number of anilines is 1. The van der Waals surface area contributed by atoms with Crippen LogP contribution in [0.15, 0.2) is 24.5 Å². The van der Waals surface area contributed by atoms with Crippen molar-refractivity contribution >= 4 is 11.7 Å². The van der Waals surface area contributed by atoms with Crippen molar-refractivity contribution in [2.24, 2.45) is 5.92 Å². The Hall–Kier alpha value is -2.37. The lowest BCUT2D eigenvalue weighted by Gasteiger charge is -2.11. The first-order chi connectivity index (χ1) is 9.99. The summed E-state index contributed by atoms with van der Waals surface area (Å²) >= 11 is 0. The van der Waals surface area contributed by atoms with E-state index in [-0.39, 0.29) is 6.61 Å². The number of nitrogens with two attached hydrogens (primary N) is 1. The largest absolute Gasteiger partial charge is 0.454 e. The highest BCUT2D eigenvalue weighted by Gasteiger charge is 2.15. The Morgan fingerprint density at radius 3 is 2.86 bits per heavy atom. The summed E-state index contributed by atoms with van der Waals surface area (Å²) in [4.78, 5) is 16.3. The molecule has 0 aliphatic rings. The summed E-state index contributed by atoms with van der Waals surface area (Å²) in [6, 6.07) is 5.32. The number of esters is 1. The molecule has 6 nitrogen and oxygen atoms in total. The number of aryl methyl sites for hydroxylation is 1. The van der Waals surface area contributed by atoms with Crippen molar-refractivity contribution in [3.8, 4) is 0 Å². The fourth-order valence-corrected chi connectivity index (χ4v) is 2.07. The number of hydrogen-bond donors (Lipinski definition) is 1. The van der Waals surface area contributed by atoms with E-state index in [0.717, 1.165) is 12.1 Å². The Kier molecular flexibility index (Phi) is 4.57. The molecule has 6 heteroatoms. The van der Waals surface area contributed by atoms with Crippen LogP contribution in [0.1, 0.15) is 35.6 Å². The van der Waals surface area contributed by atoms with Crippen molar-refractivity contribution in [3.63, 3.8) is 0 Å². The maximum absolute atomic E-state index is 12.2. The highest BCUT2D eigenvalue weighted by atomic mass is 16.5. The standard InChI is InChI=1S/C15H20N4O2/c1-10(2)7-19-13(17-9-18-19)8-21-15(20)14-11(3)5-4-6-12(14)16/h4-6,9-10H,7-8,16H2,1-3H3. The van der Waals surface area contributed by atoms with Gasteiger partial charge < -0.3 is 10.5 Å². The summed E-state index contributed by atoms with van der Waals surface area (Å²) < 4.78 is 7.06. The van der Waals surface area contributed by atoms with Gasteiger partial charge in [0.15, 0.2) is 12.4 Å². The third-order valence-electron chi connectivity index (χ3n) is 3.08. The van der Waals surface area contributed by atoms with E-state index in [4.69, 9.17) is 10.5 Å². The van der Waals surface area contributed by atoms with E-state index in [0.29, 0.717) is 23.0 Å². The van der Waals surface area contributed by atoms with Gasteiger partial charge in [0.1, 0.15) is 6.33 Å². The maximum Gasteiger partial charge on any atom is 0.340 e. The van der Waals surface area contributed by atoms with Crippen molar-refractivity contribution in [1.82, 2.24) is 14.8 Å². The molecule has 0 saturated heterocycles. The average molecular weight is 288 g/mol. The molecule has 0 atom stereocenters. The highest BCUT2D eigenvalue weighted by Crippen LogP contribution is 2.18. The van der Waals surface area contributed by atoms with Crippen LogP contribution in [0.5, 0.6) is 0 Å². The Bertz CT molecular complexity index is 614. The normalized spacial score (nSPS) is 10.9. The summed E-state index contributed by atoms with van der Waals surface area (Å²) in [7, 11) is 0. The van der Waals surface area contributed by atoms with Crippen LogP contribution in [-0.4, -0.2) is 20.7 Å². The molecule has 0 spiro atoms. The number of aromatic nitrogens is 3. The van der Waals surface area contributed by atoms with Gasteiger partial charge in [-0.05, 0) is 24.5 Å². The minimum absolute atomic E-state index is 0.0827. The van der Waals surface area contributed by atoms with E-state index in [1.165, 1.54) is 6.33 Å². The molecule has 0 unspecified atom stereocenters. The van der Waals surface area contributed by atoms with Gasteiger partial charge in [-0.3, -0.25) is 0 Å². The van der Waals surface area contributed by atoms with Gasteiger partial charge in [-0.2, -0.15) is 5.10 Å². The number of nitrogens with zero attached hydrogens (tertiary/aromatic N) is 3. The van der Waals surface area contributed by atoms with Crippen molar-refractivity contribution < 1.29 is 9.53 Å². The van der Waals surface area contributed by atoms with Crippen LogP contribution in [0.4, 0.5) is 5.69 Å². The zero-order chi connectivity index (χ0) is 15.4. The van der Waals surface area contributed by atoms with Gasteiger partial charge in [0.25, 0.3) is 0 Å². The summed E-state index contributed by atoms with van der Waals surface area (Å²) in [6.45, 7) is 6.82. The van der Waals surface area contributed by atoms with Crippen LogP contribution >= 0.6 is 0 Å². The summed E-state index contributed by atoms with van der Waals surface area (Å²) in [5.74, 6) is 0.627. The van der Waals surface area contributed by atoms with Gasteiger partial charge in [0.05, 0.1) is 5.56 Å². The second kappa shape index (κ2) is 6.39. The van der Waals surface area contributed by atoms with E-state index in [1.54, 1.807) is 16.8 Å². The number of hydrogen-bond acceptors (Lipinski definition) is 5. The third-order valence-corrected chi connectivity index (χ3v) is 3.08. The molecule has 2 N–H and O–H groups in total. The third kappa shape index (κ3) is 3.59. The Morgan fingerprint density at radius 1 is 1.43 bits per heavy atom. The highest BCUT2D eigenvalue weighted by molar-refractivity contribution is 5.96. The molecule has 1 heterocycles. The van der Waals surface area contributed by atoms with E-state index in [1.807, 2.05) is 13.0 Å². The SMILES string of the molecule is Cc1cccc(N)c1C(=O)OCc1ncnn1CC(C)C. The van der Waals surface area contributed by atoms with Gasteiger partial charge >= 0.3 is 5.97 Å². The lowest BCUT2D eigenvalue weighted by molar-refractivity contribution is 0.0456. The zero-order valence-corrected chi connectivity index (χ0v) is 12.5. The first kappa shape index (κ1) is 15.0. The van der Waals surface area contributed by atoms with Gasteiger partial charge in [-0.25, -0.2) is 14.5 Å². The topological polar surface area (TPSA) is 83.0 Å². The number of carbonyl (C=O) groups excluding carboxylic acids is 1. The molecule has 0 saturated carbocycles. The first-order valence-electron chi connectivity index (χ1n) is 6.88. The number of rotatable bonds is 5. The maximum atomic E-state index is 12.2. The second-order valence-corrected chi connectivity index (χ2v) is 5.37.